The molecule has 0 spiro atoms. The van der Waals surface area contributed by atoms with Crippen molar-refractivity contribution in [1.29, 1.82) is 0 Å². The first-order valence-electron chi connectivity index (χ1n) is 25.6. The molecule has 8 aromatic carbocycles. The van der Waals surface area contributed by atoms with Gasteiger partial charge in [0.15, 0.2) is 0 Å². The zero-order chi connectivity index (χ0) is 55.5. The van der Waals surface area contributed by atoms with Crippen LogP contribution in [0.1, 0.15) is 128 Å². The van der Waals surface area contributed by atoms with Gasteiger partial charge in [-0.2, -0.15) is 0 Å². The van der Waals surface area contributed by atoms with Gasteiger partial charge in [-0.15, -0.1) is 0 Å². The van der Waals surface area contributed by atoms with E-state index in [-0.39, 0.29) is 70.9 Å². The molecule has 0 aliphatic heterocycles. The molecule has 0 amide bonds. The van der Waals surface area contributed by atoms with Crippen LogP contribution in [0.25, 0.3) is 0 Å². The van der Waals surface area contributed by atoms with E-state index < -0.39 is 0 Å². The summed E-state index contributed by atoms with van der Waals surface area (Å²) in [5, 5.41) is 39.5. The molecular formula is C68H76N4O4Zr. The second-order valence-electron chi connectivity index (χ2n) is 22.5. The molecule has 0 unspecified atom stereocenters. The second kappa shape index (κ2) is 28.6. The monoisotopic (exact) mass is 1100 g/mol. The largest absolute Gasteiger partial charge is 0.506 e. The molecule has 0 saturated carbocycles. The molecule has 0 fully saturated rings. The normalized spacial score (nSPS) is 11.8. The summed E-state index contributed by atoms with van der Waals surface area (Å²) in [5.74, 6) is 0.834. The number of hydrogen-bond donors (Lipinski definition) is 4. The molecule has 8 aromatic rings. The maximum absolute atomic E-state index is 9.86. The van der Waals surface area contributed by atoms with Crippen molar-refractivity contribution in [1.82, 2.24) is 0 Å². The minimum atomic E-state index is 0. The first kappa shape index (κ1) is 62.1. The molecule has 0 radical (unpaired) electrons. The Morgan fingerprint density at radius 2 is 0.429 bits per heavy atom. The standard InChI is InChI=1S/4C17H19NO.Zr/c4*1-17(2,3)14-9-10-16(19)15(11-14)18-12-13-7-5-4-6-8-13;/h4*4-12,19H,1-3H3;. The van der Waals surface area contributed by atoms with Crippen LogP contribution in [0, 0.1) is 0 Å². The van der Waals surface area contributed by atoms with Crippen LogP contribution >= 0.6 is 0 Å². The zero-order valence-corrected chi connectivity index (χ0v) is 49.3. The summed E-state index contributed by atoms with van der Waals surface area (Å²) in [6, 6.07) is 61.8. The van der Waals surface area contributed by atoms with Gasteiger partial charge in [0, 0.05) is 51.1 Å². The summed E-state index contributed by atoms with van der Waals surface area (Å²) in [7, 11) is 0. The Morgan fingerprint density at radius 3 is 0.584 bits per heavy atom. The Hall–Kier alpha value is -7.48. The SMILES string of the molecule is CC(C)(C)c1ccc(O)c(N=Cc2ccccc2)c1.CC(C)(C)c1ccc(O)c(N=Cc2ccccc2)c1.CC(C)(C)c1ccc(O)c(N=Cc2ccccc2)c1.CC(C)(C)c1ccc(O)c(N=Cc2ccccc2)c1.[Zr]. The molecule has 9 heteroatoms. The van der Waals surface area contributed by atoms with Gasteiger partial charge >= 0.3 is 0 Å². The summed E-state index contributed by atoms with van der Waals surface area (Å²) in [4.78, 5) is 17.5. The molecule has 8 rings (SSSR count). The predicted octanol–water partition coefficient (Wildman–Crippen LogP) is 17.8. The summed E-state index contributed by atoms with van der Waals surface area (Å²) < 4.78 is 0. The van der Waals surface area contributed by atoms with Crippen molar-refractivity contribution in [3.05, 3.63) is 239 Å². The number of aromatic hydroxyl groups is 4. The van der Waals surface area contributed by atoms with Crippen molar-refractivity contribution < 1.29 is 46.6 Å². The molecule has 0 bridgehead atoms. The van der Waals surface area contributed by atoms with Gasteiger partial charge in [-0.3, -0.25) is 20.0 Å². The molecule has 396 valence electrons. The van der Waals surface area contributed by atoms with E-state index in [1.54, 1.807) is 49.1 Å². The van der Waals surface area contributed by atoms with Crippen LogP contribution in [-0.2, 0) is 47.9 Å². The molecule has 77 heavy (non-hydrogen) atoms. The molecular weight excluding hydrogens is 1030 g/mol. The summed E-state index contributed by atoms with van der Waals surface area (Å²) >= 11 is 0. The molecule has 0 heterocycles. The third-order valence-electron chi connectivity index (χ3n) is 12.0. The number of phenolic OH excluding ortho intramolecular Hbond substituents is 4. The van der Waals surface area contributed by atoms with Gasteiger partial charge in [0.25, 0.3) is 0 Å². The predicted molar refractivity (Wildman–Crippen MR) is 322 cm³/mol. The summed E-state index contributed by atoms with van der Waals surface area (Å²) in [6.07, 6.45) is 7.06. The van der Waals surface area contributed by atoms with Gasteiger partial charge in [0.1, 0.15) is 45.7 Å². The van der Waals surface area contributed by atoms with E-state index in [0.717, 1.165) is 44.5 Å². The molecule has 0 aliphatic carbocycles. The van der Waals surface area contributed by atoms with Gasteiger partial charge in [-0.05, 0) is 115 Å². The van der Waals surface area contributed by atoms with Crippen LogP contribution in [-0.4, -0.2) is 45.3 Å². The average Bonchev–Trinajstić information content (AvgIpc) is 3.38. The number of benzene rings is 8. The Balaban J connectivity index is 0.000000221. The quantitative estimate of drug-likeness (QED) is 0.113. The van der Waals surface area contributed by atoms with Gasteiger partial charge in [-0.25, -0.2) is 0 Å². The van der Waals surface area contributed by atoms with Gasteiger partial charge < -0.3 is 20.4 Å². The van der Waals surface area contributed by atoms with E-state index in [1.165, 1.54) is 0 Å². The third kappa shape index (κ3) is 20.9. The fraction of sp³-hybridized carbons (Fsp3) is 0.235. The zero-order valence-electron chi connectivity index (χ0n) is 46.9. The van der Waals surface area contributed by atoms with Gasteiger partial charge in [0.2, 0.25) is 0 Å². The number of aliphatic imine (C=N–C) groups is 4. The maximum Gasteiger partial charge on any atom is 0.141 e. The number of nitrogens with zero attached hydrogens (tertiary/aromatic N) is 4. The number of rotatable bonds is 8. The average molecular weight is 1100 g/mol. The van der Waals surface area contributed by atoms with Crippen molar-refractivity contribution in [3.63, 3.8) is 0 Å². The van der Waals surface area contributed by atoms with E-state index in [0.29, 0.717) is 22.7 Å². The van der Waals surface area contributed by atoms with Crippen LogP contribution < -0.4 is 0 Å². The van der Waals surface area contributed by atoms with Crippen LogP contribution in [0.4, 0.5) is 22.7 Å². The van der Waals surface area contributed by atoms with Crippen LogP contribution in [0.2, 0.25) is 0 Å². The molecule has 0 saturated heterocycles. The Bertz CT molecular complexity index is 2760. The fourth-order valence-corrected chi connectivity index (χ4v) is 7.11. The molecule has 0 atom stereocenters. The minimum Gasteiger partial charge on any atom is -0.506 e. The van der Waals surface area contributed by atoms with Gasteiger partial charge in [0.05, 0.1) is 0 Å². The van der Waals surface area contributed by atoms with Crippen molar-refractivity contribution in [2.45, 2.75) is 105 Å². The third-order valence-corrected chi connectivity index (χ3v) is 12.0. The Kier molecular flexibility index (Phi) is 23.1. The number of phenols is 4. The van der Waals surface area contributed by atoms with Crippen molar-refractivity contribution in [2.24, 2.45) is 20.0 Å². The van der Waals surface area contributed by atoms with Crippen LogP contribution in [0.15, 0.2) is 214 Å². The minimum absolute atomic E-state index is 0. The summed E-state index contributed by atoms with van der Waals surface area (Å²) in [5.41, 5.74) is 11.3. The first-order valence-corrected chi connectivity index (χ1v) is 25.6. The Morgan fingerprint density at radius 1 is 0.260 bits per heavy atom. The van der Waals surface area contributed by atoms with Crippen molar-refractivity contribution in [2.75, 3.05) is 0 Å². The molecule has 0 aromatic heterocycles. The molecule has 0 aliphatic rings. The fourth-order valence-electron chi connectivity index (χ4n) is 7.11. The second-order valence-corrected chi connectivity index (χ2v) is 22.5. The Labute approximate surface area is 477 Å². The van der Waals surface area contributed by atoms with Crippen LogP contribution in [0.5, 0.6) is 23.0 Å². The van der Waals surface area contributed by atoms with Crippen molar-refractivity contribution >= 4 is 47.6 Å². The maximum atomic E-state index is 9.86. The topological polar surface area (TPSA) is 130 Å². The smallest absolute Gasteiger partial charge is 0.141 e. The molecule has 4 N–H and O–H groups in total. The van der Waals surface area contributed by atoms with Crippen LogP contribution in [0.3, 0.4) is 0 Å². The van der Waals surface area contributed by atoms with E-state index in [2.05, 4.69) is 103 Å². The summed E-state index contributed by atoms with van der Waals surface area (Å²) in [6.45, 7) is 25.7. The van der Waals surface area contributed by atoms with E-state index >= 15 is 0 Å². The first-order chi connectivity index (χ1) is 35.9. The number of hydrogen-bond acceptors (Lipinski definition) is 8. The van der Waals surface area contributed by atoms with Gasteiger partial charge in [-0.1, -0.05) is 229 Å². The van der Waals surface area contributed by atoms with E-state index in [1.807, 2.05) is 170 Å². The van der Waals surface area contributed by atoms with Crippen molar-refractivity contribution in [3.8, 4) is 23.0 Å². The molecule has 8 nitrogen and oxygen atoms in total. The van der Waals surface area contributed by atoms with E-state index in [9.17, 15) is 20.4 Å². The van der Waals surface area contributed by atoms with E-state index in [4.69, 9.17) is 0 Å².